The molecule has 1 aromatic rings. The van der Waals surface area contributed by atoms with E-state index >= 15 is 0 Å². The van der Waals surface area contributed by atoms with Crippen LogP contribution in [0.3, 0.4) is 0 Å². The summed E-state index contributed by atoms with van der Waals surface area (Å²) in [6, 6.07) is 12.1. The summed E-state index contributed by atoms with van der Waals surface area (Å²) in [6.45, 7) is 0. The summed E-state index contributed by atoms with van der Waals surface area (Å²) in [7, 11) is 0. The van der Waals surface area contributed by atoms with Crippen LogP contribution in [0.25, 0.3) is 0 Å². The Morgan fingerprint density at radius 2 is 1.96 bits per heavy atom. The van der Waals surface area contributed by atoms with Gasteiger partial charge in [0.05, 0.1) is 23.4 Å². The van der Waals surface area contributed by atoms with Crippen LogP contribution in [0.5, 0.6) is 0 Å². The van der Waals surface area contributed by atoms with Gasteiger partial charge in [-0.25, -0.2) is 4.39 Å². The number of halogens is 1. The summed E-state index contributed by atoms with van der Waals surface area (Å²) in [5.41, 5.74) is 6.04. The largest absolute Gasteiger partial charge is 0.399 e. The average molecular weight is 318 g/mol. The molecule has 0 fully saturated rings. The second-order valence-corrected chi connectivity index (χ2v) is 6.16. The molecule has 0 radical (unpaired) electrons. The number of hydrogen-bond donors (Lipinski definition) is 1. The van der Waals surface area contributed by atoms with E-state index in [-0.39, 0.29) is 17.2 Å². The monoisotopic (exact) mass is 318 g/mol. The van der Waals surface area contributed by atoms with Crippen molar-refractivity contribution in [2.45, 2.75) is 25.2 Å². The molecule has 0 bridgehead atoms. The van der Waals surface area contributed by atoms with Crippen molar-refractivity contribution in [1.82, 2.24) is 0 Å². The number of nitriles is 3. The van der Waals surface area contributed by atoms with Crippen LogP contribution in [0.4, 0.5) is 4.39 Å². The van der Waals surface area contributed by atoms with E-state index in [4.69, 9.17) is 5.73 Å². The van der Waals surface area contributed by atoms with Gasteiger partial charge in [-0.3, -0.25) is 0 Å². The van der Waals surface area contributed by atoms with Crippen molar-refractivity contribution < 1.29 is 4.39 Å². The minimum Gasteiger partial charge on any atom is -0.399 e. The first kappa shape index (κ1) is 15.8. The predicted octanol–water partition coefficient (Wildman–Crippen LogP) is 3.42. The van der Waals surface area contributed by atoms with Crippen LogP contribution in [0.1, 0.15) is 30.7 Å². The van der Waals surface area contributed by atoms with Crippen LogP contribution in [-0.4, -0.2) is 0 Å². The molecule has 2 atom stereocenters. The second kappa shape index (κ2) is 5.84. The Labute approximate surface area is 139 Å². The topological polar surface area (TPSA) is 97.4 Å². The maximum atomic E-state index is 13.8. The lowest BCUT2D eigenvalue weighted by Crippen LogP contribution is -2.42. The Bertz CT molecular complexity index is 862. The molecule has 0 saturated carbocycles. The zero-order valence-corrected chi connectivity index (χ0v) is 13.0. The molecule has 5 heteroatoms. The third-order valence-corrected chi connectivity index (χ3v) is 5.01. The average Bonchev–Trinajstić information content (AvgIpc) is 2.61. The molecule has 118 valence electrons. The number of hydrogen-bond acceptors (Lipinski definition) is 4. The number of nitrogens with zero attached hydrogens (tertiary/aromatic N) is 3. The molecule has 0 spiro atoms. The van der Waals surface area contributed by atoms with E-state index < -0.39 is 17.2 Å². The first-order chi connectivity index (χ1) is 11.6. The Kier molecular flexibility index (Phi) is 3.84. The zero-order valence-electron chi connectivity index (χ0n) is 13.0. The summed E-state index contributed by atoms with van der Waals surface area (Å²) < 4.78 is 13.8. The van der Waals surface area contributed by atoms with Crippen molar-refractivity contribution in [2.24, 2.45) is 17.1 Å². The SMILES string of the molecule is N#CC1=C(N)C(C#N)(C#N)C(c2cccc(F)c2)C2CCCC=C12. The summed E-state index contributed by atoms with van der Waals surface area (Å²) in [6.07, 6.45) is 4.42. The van der Waals surface area contributed by atoms with Crippen molar-refractivity contribution in [3.8, 4) is 18.2 Å². The van der Waals surface area contributed by atoms with Crippen LogP contribution in [0.15, 0.2) is 47.2 Å². The van der Waals surface area contributed by atoms with Gasteiger partial charge in [0.1, 0.15) is 11.9 Å². The Hall–Kier alpha value is -3.10. The molecule has 0 aromatic heterocycles. The number of rotatable bonds is 1. The van der Waals surface area contributed by atoms with E-state index in [2.05, 4.69) is 6.07 Å². The summed E-state index contributed by atoms with van der Waals surface area (Å²) >= 11 is 0. The number of benzene rings is 1. The fourth-order valence-corrected chi connectivity index (χ4v) is 3.95. The second-order valence-electron chi connectivity index (χ2n) is 6.16. The molecule has 24 heavy (non-hydrogen) atoms. The van der Waals surface area contributed by atoms with Crippen molar-refractivity contribution in [2.75, 3.05) is 0 Å². The van der Waals surface area contributed by atoms with Crippen molar-refractivity contribution in [3.63, 3.8) is 0 Å². The molecule has 2 unspecified atom stereocenters. The summed E-state index contributed by atoms with van der Waals surface area (Å²) in [5.74, 6) is -1.21. The van der Waals surface area contributed by atoms with Crippen molar-refractivity contribution in [3.05, 3.63) is 58.6 Å². The van der Waals surface area contributed by atoms with Gasteiger partial charge in [0.15, 0.2) is 5.41 Å². The third-order valence-electron chi connectivity index (χ3n) is 5.01. The van der Waals surface area contributed by atoms with Gasteiger partial charge in [0, 0.05) is 5.92 Å². The van der Waals surface area contributed by atoms with Crippen LogP contribution >= 0.6 is 0 Å². The van der Waals surface area contributed by atoms with Gasteiger partial charge in [-0.2, -0.15) is 15.8 Å². The summed E-state index contributed by atoms with van der Waals surface area (Å²) in [4.78, 5) is 0. The first-order valence-electron chi connectivity index (χ1n) is 7.77. The quantitative estimate of drug-likeness (QED) is 0.857. The lowest BCUT2D eigenvalue weighted by molar-refractivity contribution is 0.317. The predicted molar refractivity (Wildman–Crippen MR) is 85.1 cm³/mol. The minimum absolute atomic E-state index is 0.0198. The van der Waals surface area contributed by atoms with Crippen molar-refractivity contribution in [1.29, 1.82) is 15.8 Å². The number of nitrogens with two attached hydrogens (primary N) is 1. The van der Waals surface area contributed by atoms with E-state index in [1.165, 1.54) is 12.1 Å². The maximum Gasteiger partial charge on any atom is 0.191 e. The van der Waals surface area contributed by atoms with Gasteiger partial charge < -0.3 is 5.73 Å². The van der Waals surface area contributed by atoms with E-state index in [1.807, 2.05) is 18.2 Å². The van der Waals surface area contributed by atoms with Crippen LogP contribution in [0, 0.1) is 51.1 Å². The van der Waals surface area contributed by atoms with E-state index in [1.54, 1.807) is 12.1 Å². The third kappa shape index (κ3) is 2.08. The van der Waals surface area contributed by atoms with E-state index in [0.717, 1.165) is 24.8 Å². The van der Waals surface area contributed by atoms with E-state index in [0.29, 0.717) is 5.56 Å². The Balaban J connectivity index is 2.34. The zero-order chi connectivity index (χ0) is 17.3. The van der Waals surface area contributed by atoms with Crippen LogP contribution in [0.2, 0.25) is 0 Å². The molecular weight excluding hydrogens is 303 g/mol. The fourth-order valence-electron chi connectivity index (χ4n) is 3.95. The molecule has 2 aliphatic carbocycles. The van der Waals surface area contributed by atoms with Gasteiger partial charge in [0.25, 0.3) is 0 Å². The molecule has 0 amide bonds. The molecule has 0 heterocycles. The summed E-state index contributed by atoms with van der Waals surface area (Å²) in [5, 5.41) is 29.1. The van der Waals surface area contributed by atoms with Gasteiger partial charge in [-0.05, 0) is 48.4 Å². The van der Waals surface area contributed by atoms with Crippen LogP contribution < -0.4 is 5.73 Å². The molecule has 2 aliphatic rings. The minimum atomic E-state index is -1.67. The standard InChI is InChI=1S/C19H15FN4/c20-13-5-3-4-12(8-13)17-15-7-2-1-6-14(15)16(9-21)18(24)19(17,10-22)11-23/h3-6,8,15,17H,1-2,7,24H2. The molecule has 0 saturated heterocycles. The molecule has 1 aromatic carbocycles. The van der Waals surface area contributed by atoms with Gasteiger partial charge in [-0.15, -0.1) is 0 Å². The highest BCUT2D eigenvalue weighted by molar-refractivity contribution is 5.59. The Morgan fingerprint density at radius 1 is 1.21 bits per heavy atom. The lowest BCUT2D eigenvalue weighted by atomic mass is 9.57. The van der Waals surface area contributed by atoms with Crippen molar-refractivity contribution >= 4 is 0 Å². The number of fused-ring (bicyclic) bond motifs is 1. The number of allylic oxidation sites excluding steroid dienone is 4. The smallest absolute Gasteiger partial charge is 0.191 e. The first-order valence-corrected chi connectivity index (χ1v) is 7.77. The molecular formula is C19H15FN4. The molecule has 0 aliphatic heterocycles. The van der Waals surface area contributed by atoms with Gasteiger partial charge in [0.2, 0.25) is 0 Å². The molecule has 4 nitrogen and oxygen atoms in total. The maximum absolute atomic E-state index is 13.8. The van der Waals surface area contributed by atoms with E-state index in [9.17, 15) is 20.2 Å². The Morgan fingerprint density at radius 3 is 2.58 bits per heavy atom. The fraction of sp³-hybridized carbons (Fsp3) is 0.316. The van der Waals surface area contributed by atoms with Crippen LogP contribution in [-0.2, 0) is 0 Å². The normalized spacial score (nSPS) is 24.8. The highest BCUT2D eigenvalue weighted by Crippen LogP contribution is 2.55. The molecule has 3 rings (SSSR count). The van der Waals surface area contributed by atoms with Gasteiger partial charge in [-0.1, -0.05) is 18.2 Å². The highest BCUT2D eigenvalue weighted by Gasteiger charge is 2.53. The highest BCUT2D eigenvalue weighted by atomic mass is 19.1. The molecule has 2 N–H and O–H groups in total. The van der Waals surface area contributed by atoms with Gasteiger partial charge >= 0.3 is 0 Å². The lowest BCUT2D eigenvalue weighted by Gasteiger charge is -2.43.